The third-order valence-electron chi connectivity index (χ3n) is 4.99. The van der Waals surface area contributed by atoms with Crippen LogP contribution in [-0.2, 0) is 23.1 Å². The van der Waals surface area contributed by atoms with Crippen LogP contribution in [0.25, 0.3) is 0 Å². The Morgan fingerprint density at radius 2 is 2.19 bits per heavy atom. The molecule has 0 radical (unpaired) electrons. The van der Waals surface area contributed by atoms with Crippen LogP contribution in [0.5, 0.6) is 0 Å². The highest BCUT2D eigenvalue weighted by atomic mass is 32.2. The van der Waals surface area contributed by atoms with E-state index in [0.29, 0.717) is 19.6 Å². The molecule has 0 aliphatic carbocycles. The van der Waals surface area contributed by atoms with Gasteiger partial charge in [-0.15, -0.1) is 10.2 Å². The Labute approximate surface area is 156 Å². The minimum absolute atomic E-state index is 0.0906. The molecule has 8 nitrogen and oxygen atoms in total. The Hall–Kier alpha value is -1.84. The number of hydrogen-bond acceptors (Lipinski definition) is 7. The van der Waals surface area contributed by atoms with E-state index < -0.39 is 0 Å². The minimum Gasteiger partial charge on any atom is -0.453 e. The van der Waals surface area contributed by atoms with Gasteiger partial charge in [-0.25, -0.2) is 0 Å². The van der Waals surface area contributed by atoms with Gasteiger partial charge in [0.25, 0.3) is 0 Å². The molecule has 0 unspecified atom stereocenters. The van der Waals surface area contributed by atoms with Gasteiger partial charge in [0, 0.05) is 33.1 Å². The molecule has 2 aliphatic rings. The number of amides is 1. The van der Waals surface area contributed by atoms with Crippen molar-refractivity contribution >= 4 is 17.7 Å². The summed E-state index contributed by atoms with van der Waals surface area (Å²) in [6.07, 6.45) is 3.99. The van der Waals surface area contributed by atoms with Crippen molar-refractivity contribution in [3.8, 4) is 0 Å². The van der Waals surface area contributed by atoms with Gasteiger partial charge >= 0.3 is 0 Å². The van der Waals surface area contributed by atoms with E-state index in [1.807, 2.05) is 23.7 Å². The summed E-state index contributed by atoms with van der Waals surface area (Å²) >= 11 is 1.47. The summed E-state index contributed by atoms with van der Waals surface area (Å²) in [6.45, 7) is 3.79. The van der Waals surface area contributed by atoms with Crippen LogP contribution in [-0.4, -0.2) is 57.4 Å². The Morgan fingerprint density at radius 1 is 1.35 bits per heavy atom. The van der Waals surface area contributed by atoms with Gasteiger partial charge in [-0.05, 0) is 36.7 Å². The van der Waals surface area contributed by atoms with Crippen molar-refractivity contribution in [2.24, 2.45) is 7.05 Å². The van der Waals surface area contributed by atoms with E-state index >= 15 is 0 Å². The fourth-order valence-electron chi connectivity index (χ4n) is 3.37. The summed E-state index contributed by atoms with van der Waals surface area (Å²) in [5, 5.41) is 12.5. The van der Waals surface area contributed by atoms with Gasteiger partial charge in [-0.2, -0.15) is 0 Å². The van der Waals surface area contributed by atoms with Crippen LogP contribution in [0.2, 0.25) is 0 Å². The summed E-state index contributed by atoms with van der Waals surface area (Å²) in [5.41, 5.74) is -0.196. The maximum atomic E-state index is 11.5. The molecule has 2 saturated heterocycles. The van der Waals surface area contributed by atoms with Gasteiger partial charge in [0.05, 0.1) is 18.8 Å². The van der Waals surface area contributed by atoms with E-state index in [-0.39, 0.29) is 11.5 Å². The molecule has 140 valence electrons. The number of nitrogens with zero attached hydrogens (tertiary/aromatic N) is 4. The number of aryl methyl sites for hydroxylation is 1. The molecule has 0 atom stereocenters. The highest BCUT2D eigenvalue weighted by Gasteiger charge is 2.37. The Kier molecular flexibility index (Phi) is 5.01. The third-order valence-corrected chi connectivity index (χ3v) is 5.96. The number of piperidine rings is 1. The number of carbonyl (C=O) groups is 1. The molecule has 2 aromatic rings. The van der Waals surface area contributed by atoms with E-state index in [9.17, 15) is 4.79 Å². The molecule has 2 aromatic heterocycles. The van der Waals surface area contributed by atoms with Crippen LogP contribution in [0.4, 0.5) is 0 Å². The second kappa shape index (κ2) is 7.42. The number of likely N-dealkylation sites (tertiary alicyclic amines) is 1. The van der Waals surface area contributed by atoms with Crippen molar-refractivity contribution < 1.29 is 13.9 Å². The van der Waals surface area contributed by atoms with E-state index in [0.717, 1.165) is 48.5 Å². The first-order valence-corrected chi connectivity index (χ1v) is 9.67. The van der Waals surface area contributed by atoms with Crippen molar-refractivity contribution in [2.75, 3.05) is 26.2 Å². The number of furan rings is 1. The summed E-state index contributed by atoms with van der Waals surface area (Å²) in [7, 11) is 1.91. The van der Waals surface area contributed by atoms with E-state index in [4.69, 9.17) is 9.15 Å². The van der Waals surface area contributed by atoms with Crippen molar-refractivity contribution in [1.82, 2.24) is 25.0 Å². The fraction of sp³-hybridized carbons (Fsp3) is 0.588. The number of aromatic nitrogens is 3. The highest BCUT2D eigenvalue weighted by Crippen LogP contribution is 2.30. The Bertz CT molecular complexity index is 766. The van der Waals surface area contributed by atoms with Gasteiger partial charge in [0.15, 0.2) is 10.2 Å². The van der Waals surface area contributed by atoms with Gasteiger partial charge in [0.2, 0.25) is 5.91 Å². The monoisotopic (exact) mass is 377 g/mol. The SMILES string of the molecule is Cn1cnnc1Sc1ccc(CN2CCC3(CC2)CNC(=O)CCO3)o1. The number of rotatable bonds is 4. The molecule has 4 rings (SSSR count). The van der Waals surface area contributed by atoms with E-state index in [1.54, 1.807) is 6.33 Å². The molecular formula is C17H23N5O3S. The third kappa shape index (κ3) is 3.94. The zero-order valence-corrected chi connectivity index (χ0v) is 15.6. The molecule has 0 saturated carbocycles. The molecule has 2 fully saturated rings. The number of nitrogens with one attached hydrogen (secondary N) is 1. The average molecular weight is 377 g/mol. The van der Waals surface area contributed by atoms with E-state index in [1.165, 1.54) is 11.8 Å². The smallest absolute Gasteiger partial charge is 0.222 e. The largest absolute Gasteiger partial charge is 0.453 e. The maximum Gasteiger partial charge on any atom is 0.222 e. The predicted octanol–water partition coefficient (Wildman–Crippen LogP) is 1.43. The maximum absolute atomic E-state index is 11.5. The summed E-state index contributed by atoms with van der Waals surface area (Å²) in [4.78, 5) is 13.9. The lowest BCUT2D eigenvalue weighted by Gasteiger charge is -2.40. The quantitative estimate of drug-likeness (QED) is 0.863. The number of carbonyl (C=O) groups excluding carboxylic acids is 1. The first-order chi connectivity index (χ1) is 12.6. The normalized spacial score (nSPS) is 20.9. The number of ether oxygens (including phenoxy) is 1. The summed E-state index contributed by atoms with van der Waals surface area (Å²) in [5.74, 6) is 1.04. The lowest BCUT2D eigenvalue weighted by molar-refractivity contribution is -0.120. The molecule has 4 heterocycles. The van der Waals surface area contributed by atoms with Crippen LogP contribution < -0.4 is 5.32 Å². The van der Waals surface area contributed by atoms with Crippen molar-refractivity contribution in [2.45, 2.75) is 41.7 Å². The fourth-order valence-corrected chi connectivity index (χ4v) is 4.12. The summed E-state index contributed by atoms with van der Waals surface area (Å²) in [6, 6.07) is 4.00. The first-order valence-electron chi connectivity index (χ1n) is 8.85. The molecule has 1 spiro atoms. The van der Waals surface area contributed by atoms with Crippen molar-refractivity contribution in [3.05, 3.63) is 24.2 Å². The topological polar surface area (TPSA) is 85.4 Å². The standard InChI is InChI=1S/C17H23N5O3S/c1-21-12-19-20-16(21)26-15-3-2-13(25-15)10-22-7-5-17(6-8-22)11-18-14(23)4-9-24-17/h2-3,12H,4-11H2,1H3,(H,18,23). The van der Waals surface area contributed by atoms with E-state index in [2.05, 4.69) is 20.4 Å². The molecule has 1 amide bonds. The molecule has 26 heavy (non-hydrogen) atoms. The zero-order chi connectivity index (χ0) is 18.0. The molecular weight excluding hydrogens is 354 g/mol. The first kappa shape index (κ1) is 17.6. The molecule has 2 aliphatic heterocycles. The predicted molar refractivity (Wildman–Crippen MR) is 94.7 cm³/mol. The Balaban J connectivity index is 1.31. The van der Waals surface area contributed by atoms with Crippen LogP contribution in [0.1, 0.15) is 25.0 Å². The molecule has 1 N–H and O–H groups in total. The molecule has 0 bridgehead atoms. The van der Waals surface area contributed by atoms with Crippen LogP contribution in [0.3, 0.4) is 0 Å². The van der Waals surface area contributed by atoms with Gasteiger partial charge < -0.3 is 19.0 Å². The second-order valence-electron chi connectivity index (χ2n) is 6.88. The molecule has 0 aromatic carbocycles. The zero-order valence-electron chi connectivity index (χ0n) is 14.8. The Morgan fingerprint density at radius 3 is 2.96 bits per heavy atom. The van der Waals surface area contributed by atoms with Crippen LogP contribution >= 0.6 is 11.8 Å². The van der Waals surface area contributed by atoms with Crippen molar-refractivity contribution in [3.63, 3.8) is 0 Å². The lowest BCUT2D eigenvalue weighted by atomic mass is 9.91. The van der Waals surface area contributed by atoms with Crippen LogP contribution in [0.15, 0.2) is 33.1 Å². The van der Waals surface area contributed by atoms with Crippen LogP contribution in [0, 0.1) is 0 Å². The average Bonchev–Trinajstić information content (AvgIpc) is 3.20. The highest BCUT2D eigenvalue weighted by molar-refractivity contribution is 7.99. The minimum atomic E-state index is -0.196. The number of hydrogen-bond donors (Lipinski definition) is 1. The van der Waals surface area contributed by atoms with Crippen molar-refractivity contribution in [1.29, 1.82) is 0 Å². The van der Waals surface area contributed by atoms with Gasteiger partial charge in [-0.1, -0.05) is 0 Å². The van der Waals surface area contributed by atoms with Gasteiger partial charge in [-0.3, -0.25) is 9.69 Å². The second-order valence-corrected chi connectivity index (χ2v) is 7.85. The lowest BCUT2D eigenvalue weighted by Crippen LogP contribution is -2.50. The summed E-state index contributed by atoms with van der Waals surface area (Å²) < 4.78 is 13.8. The van der Waals surface area contributed by atoms with Gasteiger partial charge in [0.1, 0.15) is 12.1 Å². The molecule has 9 heteroatoms.